The molecule has 1 unspecified atom stereocenters. The van der Waals surface area contributed by atoms with E-state index >= 15 is 0 Å². The summed E-state index contributed by atoms with van der Waals surface area (Å²) in [6.07, 6.45) is 0.515. The number of furan rings is 1. The minimum atomic E-state index is -0.937. The largest absolute Gasteiger partial charge is 0.467 e. The Labute approximate surface area is 162 Å². The van der Waals surface area contributed by atoms with Crippen LogP contribution in [0.15, 0.2) is 77.4 Å². The van der Waals surface area contributed by atoms with Crippen molar-refractivity contribution in [2.45, 2.75) is 6.10 Å². The first kappa shape index (κ1) is 19.2. The van der Waals surface area contributed by atoms with E-state index in [9.17, 15) is 14.7 Å². The highest BCUT2D eigenvalue weighted by molar-refractivity contribution is 6.06. The molecule has 0 bridgehead atoms. The van der Waals surface area contributed by atoms with Crippen molar-refractivity contribution in [1.29, 1.82) is 0 Å². The molecule has 2 aromatic carbocycles. The molecular weight excluding hydrogens is 358 g/mol. The molecule has 0 spiro atoms. The van der Waals surface area contributed by atoms with Crippen LogP contribution in [0.4, 0.5) is 16.2 Å². The smallest absolute Gasteiger partial charge is 0.319 e. The maximum atomic E-state index is 12.7. The molecule has 144 valence electrons. The maximum Gasteiger partial charge on any atom is 0.319 e. The Kier molecular flexibility index (Phi) is 6.08. The first-order valence-electron chi connectivity index (χ1n) is 8.74. The zero-order valence-corrected chi connectivity index (χ0v) is 15.3. The standard InChI is InChI=1S/C21H21N3O4/c1-24(17-9-3-2-4-10-17)20(26)15-7-5-8-16(13-15)23-21(27)22-14-18(25)19-11-6-12-28-19/h2-13,18,25H,14H2,1H3,(H2,22,23,27). The van der Waals surface area contributed by atoms with Crippen molar-refractivity contribution >= 4 is 23.3 Å². The molecule has 0 fully saturated rings. The van der Waals surface area contributed by atoms with Crippen molar-refractivity contribution < 1.29 is 19.1 Å². The van der Waals surface area contributed by atoms with Gasteiger partial charge in [-0.05, 0) is 42.5 Å². The Hall–Kier alpha value is -3.58. The molecule has 28 heavy (non-hydrogen) atoms. The van der Waals surface area contributed by atoms with E-state index in [1.807, 2.05) is 30.3 Å². The van der Waals surface area contributed by atoms with Crippen molar-refractivity contribution in [3.8, 4) is 0 Å². The molecule has 0 aliphatic heterocycles. The van der Waals surface area contributed by atoms with Gasteiger partial charge in [0.25, 0.3) is 5.91 Å². The minimum Gasteiger partial charge on any atom is -0.467 e. The van der Waals surface area contributed by atoms with Crippen LogP contribution in [0.5, 0.6) is 0 Å². The van der Waals surface area contributed by atoms with Crippen LogP contribution in [0.1, 0.15) is 22.2 Å². The number of nitrogens with zero attached hydrogens (tertiary/aromatic N) is 1. The summed E-state index contributed by atoms with van der Waals surface area (Å²) in [6.45, 7) is -0.00525. The van der Waals surface area contributed by atoms with Gasteiger partial charge < -0.3 is 25.1 Å². The number of carbonyl (C=O) groups excluding carboxylic acids is 2. The number of benzene rings is 2. The van der Waals surface area contributed by atoms with Gasteiger partial charge in [0.15, 0.2) is 0 Å². The van der Waals surface area contributed by atoms with Gasteiger partial charge in [-0.25, -0.2) is 4.79 Å². The van der Waals surface area contributed by atoms with Crippen LogP contribution in [-0.2, 0) is 0 Å². The monoisotopic (exact) mass is 379 g/mol. The fourth-order valence-corrected chi connectivity index (χ4v) is 2.64. The first-order chi connectivity index (χ1) is 13.5. The van der Waals surface area contributed by atoms with Gasteiger partial charge in [-0.15, -0.1) is 0 Å². The van der Waals surface area contributed by atoms with Crippen LogP contribution in [-0.4, -0.2) is 30.6 Å². The Balaban J connectivity index is 1.59. The summed E-state index contributed by atoms with van der Waals surface area (Å²) in [5, 5.41) is 15.1. The molecule has 3 rings (SSSR count). The molecule has 7 nitrogen and oxygen atoms in total. The van der Waals surface area contributed by atoms with Gasteiger partial charge in [-0.2, -0.15) is 0 Å². The highest BCUT2D eigenvalue weighted by Crippen LogP contribution is 2.17. The van der Waals surface area contributed by atoms with Crippen molar-refractivity contribution in [2.75, 3.05) is 23.8 Å². The topological polar surface area (TPSA) is 94.8 Å². The molecular formula is C21H21N3O4. The number of anilines is 2. The second kappa shape index (κ2) is 8.88. The highest BCUT2D eigenvalue weighted by Gasteiger charge is 2.15. The number of carbonyl (C=O) groups is 2. The van der Waals surface area contributed by atoms with E-state index in [0.29, 0.717) is 17.0 Å². The number of amides is 3. The molecule has 3 amide bonds. The number of rotatable bonds is 6. The Morgan fingerprint density at radius 3 is 2.57 bits per heavy atom. The summed E-state index contributed by atoms with van der Waals surface area (Å²) < 4.78 is 5.08. The van der Waals surface area contributed by atoms with E-state index in [1.54, 1.807) is 48.3 Å². The molecule has 0 radical (unpaired) electrons. The number of hydrogen-bond donors (Lipinski definition) is 3. The van der Waals surface area contributed by atoms with E-state index in [4.69, 9.17) is 4.42 Å². The zero-order chi connectivity index (χ0) is 19.9. The summed E-state index contributed by atoms with van der Waals surface area (Å²) in [4.78, 5) is 26.3. The number of hydrogen-bond acceptors (Lipinski definition) is 4. The third-order valence-electron chi connectivity index (χ3n) is 4.14. The van der Waals surface area contributed by atoms with Crippen LogP contribution in [0.25, 0.3) is 0 Å². The summed E-state index contributed by atoms with van der Waals surface area (Å²) in [6, 6.07) is 18.7. The number of aliphatic hydroxyl groups is 1. The van der Waals surface area contributed by atoms with Crippen molar-refractivity contribution in [2.24, 2.45) is 0 Å². The van der Waals surface area contributed by atoms with Gasteiger partial charge in [-0.1, -0.05) is 24.3 Å². The predicted octanol–water partition coefficient (Wildman–Crippen LogP) is 3.41. The van der Waals surface area contributed by atoms with Crippen LogP contribution >= 0.6 is 0 Å². The van der Waals surface area contributed by atoms with Crippen molar-refractivity contribution in [3.05, 3.63) is 84.3 Å². The van der Waals surface area contributed by atoms with Crippen LogP contribution in [0.2, 0.25) is 0 Å². The van der Waals surface area contributed by atoms with Crippen LogP contribution in [0.3, 0.4) is 0 Å². The van der Waals surface area contributed by atoms with E-state index in [2.05, 4.69) is 10.6 Å². The van der Waals surface area contributed by atoms with Gasteiger partial charge in [0.05, 0.1) is 12.8 Å². The molecule has 1 heterocycles. The third-order valence-corrected chi connectivity index (χ3v) is 4.14. The van der Waals surface area contributed by atoms with Gasteiger partial charge >= 0.3 is 6.03 Å². The molecule has 0 aliphatic rings. The van der Waals surface area contributed by atoms with Gasteiger partial charge in [0, 0.05) is 24.0 Å². The van der Waals surface area contributed by atoms with E-state index in [1.165, 1.54) is 6.26 Å². The fourth-order valence-electron chi connectivity index (χ4n) is 2.64. The molecule has 0 saturated carbocycles. The summed E-state index contributed by atoms with van der Waals surface area (Å²) in [7, 11) is 1.69. The normalized spacial score (nSPS) is 11.5. The van der Waals surface area contributed by atoms with Gasteiger partial charge in [-0.3, -0.25) is 4.79 Å². The average Bonchev–Trinajstić information content (AvgIpc) is 3.27. The van der Waals surface area contributed by atoms with E-state index in [-0.39, 0.29) is 12.5 Å². The molecule has 3 aromatic rings. The molecule has 3 N–H and O–H groups in total. The van der Waals surface area contributed by atoms with Crippen LogP contribution in [0, 0.1) is 0 Å². The SMILES string of the molecule is CN(C(=O)c1cccc(NC(=O)NCC(O)c2ccco2)c1)c1ccccc1. The van der Waals surface area contributed by atoms with Crippen molar-refractivity contribution in [3.63, 3.8) is 0 Å². The summed E-state index contributed by atoms with van der Waals surface area (Å²) in [5.74, 6) is 0.181. The Morgan fingerprint density at radius 1 is 1.07 bits per heavy atom. The molecule has 0 saturated heterocycles. The number of urea groups is 1. The fraction of sp³-hybridized carbons (Fsp3) is 0.143. The van der Waals surface area contributed by atoms with E-state index in [0.717, 1.165) is 5.69 Å². The Morgan fingerprint density at radius 2 is 1.86 bits per heavy atom. The maximum absolute atomic E-state index is 12.7. The van der Waals surface area contributed by atoms with Crippen LogP contribution < -0.4 is 15.5 Å². The third kappa shape index (κ3) is 4.77. The molecule has 1 aromatic heterocycles. The highest BCUT2D eigenvalue weighted by atomic mass is 16.4. The number of para-hydroxylation sites is 1. The lowest BCUT2D eigenvalue weighted by molar-refractivity contribution is 0.0993. The summed E-state index contributed by atoms with van der Waals surface area (Å²) >= 11 is 0. The predicted molar refractivity (Wildman–Crippen MR) is 106 cm³/mol. The lowest BCUT2D eigenvalue weighted by atomic mass is 10.1. The van der Waals surface area contributed by atoms with E-state index < -0.39 is 12.1 Å². The first-order valence-corrected chi connectivity index (χ1v) is 8.74. The second-order valence-electron chi connectivity index (χ2n) is 6.15. The average molecular weight is 379 g/mol. The van der Waals surface area contributed by atoms with Gasteiger partial charge in [0.2, 0.25) is 0 Å². The van der Waals surface area contributed by atoms with Crippen molar-refractivity contribution in [1.82, 2.24) is 5.32 Å². The zero-order valence-electron chi connectivity index (χ0n) is 15.3. The summed E-state index contributed by atoms with van der Waals surface area (Å²) in [5.41, 5.74) is 1.69. The minimum absolute atomic E-state index is 0.00525. The lowest BCUT2D eigenvalue weighted by Gasteiger charge is -2.18. The lowest BCUT2D eigenvalue weighted by Crippen LogP contribution is -2.32. The quantitative estimate of drug-likeness (QED) is 0.612. The number of nitrogens with one attached hydrogen (secondary N) is 2. The second-order valence-corrected chi connectivity index (χ2v) is 6.15. The molecule has 7 heteroatoms. The molecule has 0 aliphatic carbocycles. The molecule has 1 atom stereocenters. The number of aliphatic hydroxyl groups excluding tert-OH is 1. The Bertz CT molecular complexity index is 926. The van der Waals surface area contributed by atoms with Gasteiger partial charge in [0.1, 0.15) is 11.9 Å².